The van der Waals surface area contributed by atoms with Gasteiger partial charge in [0.05, 0.1) is 0 Å². The zero-order valence-electron chi connectivity index (χ0n) is 31.1. The maximum atomic E-state index is 6.83. The monoisotopic (exact) mass is 822 g/mol. The van der Waals surface area contributed by atoms with Gasteiger partial charge in [-0.25, -0.2) is 0 Å². The van der Waals surface area contributed by atoms with E-state index in [2.05, 4.69) is 98.8 Å². The van der Waals surface area contributed by atoms with Gasteiger partial charge in [-0.3, -0.25) is 0 Å². The predicted molar refractivity (Wildman–Crippen MR) is 214 cm³/mol. The summed E-state index contributed by atoms with van der Waals surface area (Å²) < 4.78 is 16.9. The summed E-state index contributed by atoms with van der Waals surface area (Å²) in [4.78, 5) is 0. The van der Waals surface area contributed by atoms with Crippen molar-refractivity contribution in [2.45, 2.75) is 115 Å². The summed E-state index contributed by atoms with van der Waals surface area (Å²) in [6.45, 7) is 6.03. The van der Waals surface area contributed by atoms with Gasteiger partial charge < -0.3 is 0 Å². The van der Waals surface area contributed by atoms with Gasteiger partial charge in [-0.05, 0) is 0 Å². The molecule has 0 aromatic heterocycles. The molecule has 12 rings (SSSR count). The fourth-order valence-electron chi connectivity index (χ4n) is 13.0. The number of rotatable bonds is 11. The second-order valence-electron chi connectivity index (χ2n) is 18.3. The first-order valence-corrected chi connectivity index (χ1v) is 26.4. The molecule has 0 amide bonds. The fraction of sp³-hybridized carbons (Fsp3) is 0.500. The van der Waals surface area contributed by atoms with Crippen molar-refractivity contribution in [2.75, 3.05) is 0 Å². The number of hydrogen-bond donors (Lipinski definition) is 0. The number of ether oxygens (including phenoxy) is 2. The molecular weight excluding hydrogens is 766 g/mol. The topological polar surface area (TPSA) is 18.5 Å². The summed E-state index contributed by atoms with van der Waals surface area (Å²) >= 11 is 0.810. The van der Waals surface area contributed by atoms with E-state index in [1.165, 1.54) is 111 Å². The zero-order valence-corrected chi connectivity index (χ0v) is 34.5. The van der Waals surface area contributed by atoms with Crippen molar-refractivity contribution in [3.8, 4) is 11.5 Å². The van der Waals surface area contributed by atoms with Crippen molar-refractivity contribution in [1.29, 1.82) is 0 Å². The van der Waals surface area contributed by atoms with E-state index in [0.717, 1.165) is 35.5 Å². The van der Waals surface area contributed by atoms with Crippen LogP contribution >= 0.6 is 0 Å². The molecule has 270 valence electrons. The van der Waals surface area contributed by atoms with Gasteiger partial charge in [0.2, 0.25) is 0 Å². The average molecular weight is 821 g/mol. The van der Waals surface area contributed by atoms with Crippen molar-refractivity contribution < 1.29 is 9.47 Å². The SMILES string of the molecule is Cc1cc(OCc2ccccc2)c(C23CC4CC(CC(C4)C2)C3)cc1[Se][Se]c1cc(C23CC4CC(CC(C4)C2)C3)c(OCc2ccccc2)cc1C. The summed E-state index contributed by atoms with van der Waals surface area (Å²) in [5, 5.41) is 0. The summed E-state index contributed by atoms with van der Waals surface area (Å²) in [6, 6.07) is 31.9. The Hall–Kier alpha value is -2.48. The second kappa shape index (κ2) is 13.7. The Bertz CT molecular complexity index is 1720. The summed E-state index contributed by atoms with van der Waals surface area (Å²) in [7, 11) is 0. The van der Waals surface area contributed by atoms with Crippen LogP contribution in [0.15, 0.2) is 84.9 Å². The van der Waals surface area contributed by atoms with E-state index in [4.69, 9.17) is 9.47 Å². The van der Waals surface area contributed by atoms with Gasteiger partial charge in [-0.2, -0.15) is 0 Å². The second-order valence-corrected chi connectivity index (χ2v) is 24.5. The van der Waals surface area contributed by atoms with Crippen LogP contribution in [-0.2, 0) is 24.0 Å². The van der Waals surface area contributed by atoms with Crippen molar-refractivity contribution >= 4 is 35.2 Å². The summed E-state index contributed by atoms with van der Waals surface area (Å²) in [5.74, 6) is 7.86. The molecule has 0 N–H and O–H groups in total. The number of hydrogen-bond acceptors (Lipinski definition) is 2. The van der Waals surface area contributed by atoms with Gasteiger partial charge in [0, 0.05) is 0 Å². The van der Waals surface area contributed by atoms with E-state index in [-0.39, 0.29) is 0 Å². The van der Waals surface area contributed by atoms with Crippen LogP contribution < -0.4 is 18.4 Å². The van der Waals surface area contributed by atoms with Crippen molar-refractivity contribution in [2.24, 2.45) is 35.5 Å². The van der Waals surface area contributed by atoms with Crippen LogP contribution in [0, 0.1) is 49.4 Å². The molecule has 0 atom stereocenters. The molecular formula is C48H54O2Se2. The summed E-state index contributed by atoms with van der Waals surface area (Å²) in [6.07, 6.45) is 17.1. The van der Waals surface area contributed by atoms with E-state index in [0.29, 0.717) is 50.3 Å². The molecule has 8 saturated carbocycles. The first-order valence-electron chi connectivity index (χ1n) is 20.4. The van der Waals surface area contributed by atoms with Crippen molar-refractivity contribution in [3.63, 3.8) is 0 Å². The van der Waals surface area contributed by atoms with Gasteiger partial charge in [-0.15, -0.1) is 0 Å². The van der Waals surface area contributed by atoms with Gasteiger partial charge in [-0.1, -0.05) is 0 Å². The van der Waals surface area contributed by atoms with Crippen LogP contribution in [0.3, 0.4) is 0 Å². The average Bonchev–Trinajstić information content (AvgIpc) is 3.13. The molecule has 0 spiro atoms. The summed E-state index contributed by atoms with van der Waals surface area (Å²) in [5.41, 5.74) is 9.13. The molecule has 0 radical (unpaired) electrons. The third kappa shape index (κ3) is 6.42. The van der Waals surface area contributed by atoms with Gasteiger partial charge in [0.15, 0.2) is 0 Å². The molecule has 4 aromatic rings. The molecule has 8 aliphatic rings. The maximum absolute atomic E-state index is 6.83. The molecule has 4 aromatic carbocycles. The first-order chi connectivity index (χ1) is 25.4. The fourth-order valence-corrected chi connectivity index (χ4v) is 20.8. The standard InChI is InChI=1S/C48H54O2Se2/c1-31-13-43(49-29-33-9-5-3-6-10-33)41(47-23-35-15-36(24-47)17-37(16-35)25-47)21-45(31)51-52-46-22-42(48-26-38-18-39(27-48)20-40(19-38)28-48)44(14-32(46)2)50-30-34-11-7-4-8-12-34/h3-14,21-22,35-40H,15-20,23-30H2,1-2H3. The molecule has 8 bridgehead atoms. The zero-order chi connectivity index (χ0) is 34.9. The molecule has 4 heteroatoms. The van der Waals surface area contributed by atoms with Crippen LogP contribution in [-0.4, -0.2) is 26.3 Å². The Morgan fingerprint density at radius 1 is 0.481 bits per heavy atom. The minimum absolute atomic E-state index is 0.311. The Morgan fingerprint density at radius 3 is 1.13 bits per heavy atom. The Labute approximate surface area is 323 Å². The Balaban J connectivity index is 0.973. The molecule has 0 unspecified atom stereocenters. The van der Waals surface area contributed by atoms with Crippen LogP contribution in [0.5, 0.6) is 11.5 Å². The molecule has 8 fully saturated rings. The molecule has 0 saturated heterocycles. The molecule has 0 aliphatic heterocycles. The predicted octanol–water partition coefficient (Wildman–Crippen LogP) is 9.67. The van der Waals surface area contributed by atoms with E-state index in [1.807, 2.05) is 0 Å². The number of benzene rings is 4. The van der Waals surface area contributed by atoms with Gasteiger partial charge in [0.25, 0.3) is 0 Å². The quantitative estimate of drug-likeness (QED) is 0.141. The van der Waals surface area contributed by atoms with Crippen molar-refractivity contribution in [1.82, 2.24) is 0 Å². The molecule has 8 aliphatic carbocycles. The van der Waals surface area contributed by atoms with E-state index in [1.54, 1.807) is 20.1 Å². The van der Waals surface area contributed by atoms with E-state index >= 15 is 0 Å². The first kappa shape index (κ1) is 34.0. The minimum atomic E-state index is 0.311. The third-order valence-electron chi connectivity index (χ3n) is 14.5. The van der Waals surface area contributed by atoms with Gasteiger partial charge >= 0.3 is 325 Å². The Kier molecular flexibility index (Phi) is 8.95. The molecule has 0 heterocycles. The van der Waals surface area contributed by atoms with Crippen LogP contribution in [0.2, 0.25) is 0 Å². The number of aryl methyl sites for hydroxylation is 2. The van der Waals surface area contributed by atoms with Crippen LogP contribution in [0.4, 0.5) is 0 Å². The normalized spacial score (nSPS) is 32.3. The van der Waals surface area contributed by atoms with Crippen LogP contribution in [0.1, 0.15) is 110 Å². The van der Waals surface area contributed by atoms with E-state index in [9.17, 15) is 0 Å². The Morgan fingerprint density at radius 2 is 0.808 bits per heavy atom. The molecule has 2 nitrogen and oxygen atoms in total. The van der Waals surface area contributed by atoms with Gasteiger partial charge in [0.1, 0.15) is 0 Å². The molecule has 52 heavy (non-hydrogen) atoms. The third-order valence-corrected chi connectivity index (χ3v) is 22.1. The van der Waals surface area contributed by atoms with Crippen LogP contribution in [0.25, 0.3) is 0 Å². The van der Waals surface area contributed by atoms with Crippen molar-refractivity contribution in [3.05, 3.63) is 118 Å². The van der Waals surface area contributed by atoms with E-state index < -0.39 is 0 Å².